The zero-order valence-electron chi connectivity index (χ0n) is 22.3. The van der Waals surface area contributed by atoms with Crippen LogP contribution in [-0.2, 0) is 22.6 Å². The molecule has 0 bridgehead atoms. The zero-order chi connectivity index (χ0) is 27.5. The van der Waals surface area contributed by atoms with E-state index in [9.17, 15) is 9.59 Å². The molecule has 0 aromatic heterocycles. The van der Waals surface area contributed by atoms with Crippen molar-refractivity contribution in [2.75, 3.05) is 20.8 Å². The van der Waals surface area contributed by atoms with Crippen LogP contribution in [0.1, 0.15) is 31.4 Å². The lowest BCUT2D eigenvalue weighted by molar-refractivity contribution is -0.143. The van der Waals surface area contributed by atoms with Crippen LogP contribution in [0.2, 0.25) is 0 Å². The summed E-state index contributed by atoms with van der Waals surface area (Å²) in [6, 6.07) is 21.8. The molecule has 3 aromatic rings. The van der Waals surface area contributed by atoms with E-state index in [1.165, 1.54) is 0 Å². The molecule has 2 atom stereocenters. The third kappa shape index (κ3) is 8.52. The van der Waals surface area contributed by atoms with E-state index in [0.29, 0.717) is 23.7 Å². The SMILES string of the molecule is CC[C@@H](C)NC(=O)[C@H](Cc1ccccc1)N(Cc1cccc(Br)c1)C(=O)COc1cc(OC)cc(OC)c1. The normalized spacial score (nSPS) is 12.2. The van der Waals surface area contributed by atoms with E-state index in [-0.39, 0.29) is 31.0 Å². The van der Waals surface area contributed by atoms with E-state index in [1.807, 2.05) is 68.4 Å². The molecule has 0 saturated heterocycles. The van der Waals surface area contributed by atoms with E-state index in [2.05, 4.69) is 21.2 Å². The smallest absolute Gasteiger partial charge is 0.261 e. The van der Waals surface area contributed by atoms with Gasteiger partial charge in [-0.1, -0.05) is 65.3 Å². The predicted molar refractivity (Wildman–Crippen MR) is 152 cm³/mol. The van der Waals surface area contributed by atoms with Crippen LogP contribution >= 0.6 is 15.9 Å². The lowest BCUT2D eigenvalue weighted by Gasteiger charge is -2.32. The molecule has 2 amide bonds. The number of amides is 2. The van der Waals surface area contributed by atoms with Crippen LogP contribution < -0.4 is 19.5 Å². The van der Waals surface area contributed by atoms with Crippen molar-refractivity contribution in [2.45, 2.75) is 45.3 Å². The molecule has 1 N–H and O–H groups in total. The minimum Gasteiger partial charge on any atom is -0.496 e. The average molecular weight is 584 g/mol. The van der Waals surface area contributed by atoms with Gasteiger partial charge in [0.1, 0.15) is 23.3 Å². The predicted octanol–water partition coefficient (Wildman–Crippen LogP) is 5.40. The lowest BCUT2D eigenvalue weighted by atomic mass is 10.0. The Morgan fingerprint density at radius 1 is 0.895 bits per heavy atom. The molecule has 0 unspecified atom stereocenters. The summed E-state index contributed by atoms with van der Waals surface area (Å²) in [5.74, 6) is 1.02. The Balaban J connectivity index is 1.93. The highest BCUT2D eigenvalue weighted by Gasteiger charge is 2.31. The zero-order valence-corrected chi connectivity index (χ0v) is 23.9. The minimum absolute atomic E-state index is 0.0240. The van der Waals surface area contributed by atoms with Crippen molar-refractivity contribution >= 4 is 27.7 Å². The van der Waals surface area contributed by atoms with Gasteiger partial charge < -0.3 is 24.4 Å². The van der Waals surface area contributed by atoms with Crippen LogP contribution in [-0.4, -0.2) is 49.6 Å². The fourth-order valence-corrected chi connectivity index (χ4v) is 4.37. The Labute approximate surface area is 233 Å². The Kier molecular flexibility index (Phi) is 11.0. The molecule has 7 nitrogen and oxygen atoms in total. The molecule has 3 aromatic carbocycles. The monoisotopic (exact) mass is 582 g/mol. The number of nitrogens with zero attached hydrogens (tertiary/aromatic N) is 1. The Morgan fingerprint density at radius 2 is 1.53 bits per heavy atom. The second-order valence-corrected chi connectivity index (χ2v) is 9.93. The molecule has 0 heterocycles. The molecular weight excluding hydrogens is 548 g/mol. The van der Waals surface area contributed by atoms with Crippen molar-refractivity contribution in [3.05, 3.63) is 88.4 Å². The highest BCUT2D eigenvalue weighted by atomic mass is 79.9. The van der Waals surface area contributed by atoms with E-state index < -0.39 is 6.04 Å². The molecule has 8 heteroatoms. The number of carbonyl (C=O) groups excluding carboxylic acids is 2. The molecule has 0 aliphatic rings. The molecule has 0 aliphatic heterocycles. The van der Waals surface area contributed by atoms with Gasteiger partial charge in [0.15, 0.2) is 6.61 Å². The van der Waals surface area contributed by atoms with Gasteiger partial charge in [-0.15, -0.1) is 0 Å². The first kappa shape index (κ1) is 29.0. The van der Waals surface area contributed by atoms with Crippen molar-refractivity contribution < 1.29 is 23.8 Å². The van der Waals surface area contributed by atoms with Crippen molar-refractivity contribution in [2.24, 2.45) is 0 Å². The molecule has 0 saturated carbocycles. The molecule has 0 radical (unpaired) electrons. The van der Waals surface area contributed by atoms with Gasteiger partial charge in [-0.3, -0.25) is 9.59 Å². The van der Waals surface area contributed by atoms with Crippen LogP contribution in [0, 0.1) is 0 Å². The minimum atomic E-state index is -0.735. The van der Waals surface area contributed by atoms with E-state index >= 15 is 0 Å². The van der Waals surface area contributed by atoms with Crippen LogP contribution in [0.4, 0.5) is 0 Å². The summed E-state index contributed by atoms with van der Waals surface area (Å²) in [5, 5.41) is 3.07. The van der Waals surface area contributed by atoms with E-state index in [4.69, 9.17) is 14.2 Å². The van der Waals surface area contributed by atoms with Gasteiger partial charge in [-0.05, 0) is 36.6 Å². The number of halogens is 1. The van der Waals surface area contributed by atoms with Gasteiger partial charge in [0.05, 0.1) is 14.2 Å². The van der Waals surface area contributed by atoms with Gasteiger partial charge in [0, 0.05) is 41.7 Å². The van der Waals surface area contributed by atoms with E-state index in [1.54, 1.807) is 37.3 Å². The number of hydrogen-bond donors (Lipinski definition) is 1. The van der Waals surface area contributed by atoms with Crippen LogP contribution in [0.3, 0.4) is 0 Å². The largest absolute Gasteiger partial charge is 0.496 e. The standard InChI is InChI=1S/C30H35BrN2O5/c1-5-21(2)32-30(35)28(15-22-10-7-6-8-11-22)33(19-23-12-9-13-24(31)14-23)29(34)20-38-27-17-25(36-3)16-26(18-27)37-4/h6-14,16-18,21,28H,5,15,19-20H2,1-4H3,(H,32,35)/t21-,28+/m1/s1. The van der Waals surface area contributed by atoms with Gasteiger partial charge in [0.25, 0.3) is 5.91 Å². The molecule has 202 valence electrons. The number of carbonyl (C=O) groups is 2. The Hall–Kier alpha value is -3.52. The van der Waals surface area contributed by atoms with Gasteiger partial charge in [-0.25, -0.2) is 0 Å². The fraction of sp³-hybridized carbons (Fsp3) is 0.333. The van der Waals surface area contributed by atoms with Gasteiger partial charge >= 0.3 is 0 Å². The first-order valence-electron chi connectivity index (χ1n) is 12.6. The maximum absolute atomic E-state index is 13.8. The summed E-state index contributed by atoms with van der Waals surface area (Å²) in [7, 11) is 3.10. The quantitative estimate of drug-likeness (QED) is 0.292. The summed E-state index contributed by atoms with van der Waals surface area (Å²) in [5.41, 5.74) is 1.85. The maximum atomic E-state index is 13.8. The second-order valence-electron chi connectivity index (χ2n) is 9.01. The molecule has 0 aliphatic carbocycles. The molecule has 0 spiro atoms. The Morgan fingerprint density at radius 3 is 2.13 bits per heavy atom. The number of methoxy groups -OCH3 is 2. The molecular formula is C30H35BrN2O5. The molecule has 0 fully saturated rings. The average Bonchev–Trinajstić information content (AvgIpc) is 2.93. The van der Waals surface area contributed by atoms with Gasteiger partial charge in [-0.2, -0.15) is 0 Å². The third-order valence-corrected chi connectivity index (χ3v) is 6.69. The van der Waals surface area contributed by atoms with Crippen molar-refractivity contribution in [1.82, 2.24) is 10.2 Å². The summed E-state index contributed by atoms with van der Waals surface area (Å²) in [4.78, 5) is 28.9. The maximum Gasteiger partial charge on any atom is 0.261 e. The van der Waals surface area contributed by atoms with Crippen molar-refractivity contribution in [3.8, 4) is 17.2 Å². The number of rotatable bonds is 13. The second kappa shape index (κ2) is 14.4. The summed E-state index contributed by atoms with van der Waals surface area (Å²) >= 11 is 3.51. The van der Waals surface area contributed by atoms with Crippen LogP contribution in [0.25, 0.3) is 0 Å². The van der Waals surface area contributed by atoms with Crippen LogP contribution in [0.5, 0.6) is 17.2 Å². The van der Waals surface area contributed by atoms with Crippen molar-refractivity contribution in [1.29, 1.82) is 0 Å². The number of nitrogens with one attached hydrogen (secondary N) is 1. The van der Waals surface area contributed by atoms with Crippen molar-refractivity contribution in [3.63, 3.8) is 0 Å². The van der Waals surface area contributed by atoms with E-state index in [0.717, 1.165) is 22.0 Å². The summed E-state index contributed by atoms with van der Waals surface area (Å²) < 4.78 is 17.4. The number of ether oxygens (including phenoxy) is 3. The van der Waals surface area contributed by atoms with Gasteiger partial charge in [0.2, 0.25) is 5.91 Å². The topological polar surface area (TPSA) is 77.1 Å². The fourth-order valence-electron chi connectivity index (χ4n) is 3.92. The lowest BCUT2D eigenvalue weighted by Crippen LogP contribution is -2.53. The van der Waals surface area contributed by atoms with Crippen LogP contribution in [0.15, 0.2) is 77.3 Å². The first-order valence-corrected chi connectivity index (χ1v) is 13.4. The first-order chi connectivity index (χ1) is 18.3. The highest BCUT2D eigenvalue weighted by Crippen LogP contribution is 2.27. The Bertz CT molecular complexity index is 1180. The summed E-state index contributed by atoms with van der Waals surface area (Å²) in [6.45, 7) is 3.95. The third-order valence-electron chi connectivity index (χ3n) is 6.20. The highest BCUT2D eigenvalue weighted by molar-refractivity contribution is 9.10. The summed E-state index contributed by atoms with van der Waals surface area (Å²) in [6.07, 6.45) is 1.15. The molecule has 38 heavy (non-hydrogen) atoms. The number of benzene rings is 3. The number of hydrogen-bond acceptors (Lipinski definition) is 5. The molecule has 3 rings (SSSR count).